The Hall–Kier alpha value is -3.94. The fourth-order valence-electron chi connectivity index (χ4n) is 2.50. The van der Waals surface area contributed by atoms with Crippen LogP contribution in [0.5, 0.6) is 0 Å². The fraction of sp³-hybridized carbons (Fsp3) is 0. The van der Waals surface area contributed by atoms with Crippen molar-refractivity contribution in [1.29, 1.82) is 5.26 Å². The van der Waals surface area contributed by atoms with E-state index in [0.29, 0.717) is 11.1 Å². The monoisotopic (exact) mass is 455 g/mol. The van der Waals surface area contributed by atoms with Gasteiger partial charge < -0.3 is 0 Å². The van der Waals surface area contributed by atoms with Crippen LogP contribution in [0.4, 0.5) is 17.1 Å². The number of hydrogen-bond acceptors (Lipinski definition) is 7. The zero-order chi connectivity index (χ0) is 22.4. The van der Waals surface area contributed by atoms with Gasteiger partial charge in [0.15, 0.2) is 0 Å². The van der Waals surface area contributed by atoms with E-state index < -0.39 is 20.6 Å². The van der Waals surface area contributed by atoms with Gasteiger partial charge >= 0.3 is 0 Å². The first-order chi connectivity index (χ1) is 14.8. The Morgan fingerprint density at radius 1 is 1.06 bits per heavy atom. The predicted molar refractivity (Wildman–Crippen MR) is 118 cm³/mol. The summed E-state index contributed by atoms with van der Waals surface area (Å²) in [6.07, 6.45) is 1.42. The van der Waals surface area contributed by atoms with Crippen LogP contribution in [0.15, 0.2) is 76.7 Å². The standard InChI is InChI=1S/C20H14ClN5O4S/c21-17-3-1-2-4-18(17)25-31(29,30)20-11-16(26(27)28)9-10-19(20)24-23-13-15-7-5-14(12-22)6-8-15/h1-11,13,24-25H. The van der Waals surface area contributed by atoms with E-state index in [1.54, 1.807) is 36.4 Å². The van der Waals surface area contributed by atoms with Gasteiger partial charge in [-0.25, -0.2) is 8.42 Å². The molecule has 3 aromatic rings. The Kier molecular flexibility index (Phi) is 6.49. The number of non-ortho nitro benzene ring substituents is 1. The fourth-order valence-corrected chi connectivity index (χ4v) is 4.00. The van der Waals surface area contributed by atoms with E-state index in [9.17, 15) is 18.5 Å². The number of nitrogens with one attached hydrogen (secondary N) is 2. The van der Waals surface area contributed by atoms with Gasteiger partial charge in [-0.2, -0.15) is 10.4 Å². The maximum atomic E-state index is 12.9. The van der Waals surface area contributed by atoms with Crippen LogP contribution in [-0.2, 0) is 10.0 Å². The maximum Gasteiger partial charge on any atom is 0.270 e. The predicted octanol–water partition coefficient (Wildman–Crippen LogP) is 4.37. The van der Waals surface area contributed by atoms with Gasteiger partial charge in [-0.05, 0) is 35.9 Å². The lowest BCUT2D eigenvalue weighted by Gasteiger charge is -2.12. The average Bonchev–Trinajstić information content (AvgIpc) is 2.75. The molecule has 0 amide bonds. The van der Waals surface area contributed by atoms with Crippen molar-refractivity contribution in [1.82, 2.24) is 0 Å². The second kappa shape index (κ2) is 9.25. The molecule has 0 atom stereocenters. The third-order valence-electron chi connectivity index (χ3n) is 4.02. The lowest BCUT2D eigenvalue weighted by Crippen LogP contribution is -2.15. The Bertz CT molecular complexity index is 1300. The third kappa shape index (κ3) is 5.36. The number of nitriles is 1. The number of para-hydroxylation sites is 1. The largest absolute Gasteiger partial charge is 0.278 e. The van der Waals surface area contributed by atoms with Crippen molar-refractivity contribution in [3.63, 3.8) is 0 Å². The number of nitrogens with zero attached hydrogens (tertiary/aromatic N) is 3. The average molecular weight is 456 g/mol. The summed E-state index contributed by atoms with van der Waals surface area (Å²) in [5.41, 5.74) is 3.49. The lowest BCUT2D eigenvalue weighted by atomic mass is 10.2. The third-order valence-corrected chi connectivity index (χ3v) is 5.76. The topological polar surface area (TPSA) is 137 Å². The molecule has 156 valence electrons. The Balaban J connectivity index is 1.93. The number of benzene rings is 3. The first-order valence-electron chi connectivity index (χ1n) is 8.65. The number of halogens is 1. The molecule has 0 heterocycles. The highest BCUT2D eigenvalue weighted by Gasteiger charge is 2.23. The Labute approximate surface area is 182 Å². The summed E-state index contributed by atoms with van der Waals surface area (Å²) >= 11 is 6.02. The van der Waals surface area contributed by atoms with Crippen LogP contribution in [0, 0.1) is 21.4 Å². The first-order valence-corrected chi connectivity index (χ1v) is 10.5. The molecular weight excluding hydrogens is 442 g/mol. The van der Waals surface area contributed by atoms with Crippen LogP contribution >= 0.6 is 11.6 Å². The Morgan fingerprint density at radius 3 is 2.42 bits per heavy atom. The minimum atomic E-state index is -4.24. The minimum absolute atomic E-state index is 0.0232. The number of hydrogen-bond donors (Lipinski definition) is 2. The van der Waals surface area contributed by atoms with E-state index in [4.69, 9.17) is 16.9 Å². The molecule has 0 unspecified atom stereocenters. The van der Waals surface area contributed by atoms with Gasteiger partial charge in [-0.1, -0.05) is 35.9 Å². The van der Waals surface area contributed by atoms with E-state index in [-0.39, 0.29) is 21.3 Å². The van der Waals surface area contributed by atoms with Crippen molar-refractivity contribution in [3.8, 4) is 6.07 Å². The van der Waals surface area contributed by atoms with Gasteiger partial charge in [0.1, 0.15) is 4.90 Å². The molecule has 0 aliphatic heterocycles. The van der Waals surface area contributed by atoms with Crippen LogP contribution in [0.3, 0.4) is 0 Å². The molecule has 0 saturated heterocycles. The van der Waals surface area contributed by atoms with Gasteiger partial charge in [0, 0.05) is 12.1 Å². The number of nitro benzene ring substituents is 1. The highest BCUT2D eigenvalue weighted by Crippen LogP contribution is 2.30. The zero-order valence-corrected chi connectivity index (χ0v) is 17.3. The molecule has 0 aliphatic rings. The second-order valence-electron chi connectivity index (χ2n) is 6.13. The number of sulfonamides is 1. The van der Waals surface area contributed by atoms with Crippen molar-refractivity contribution < 1.29 is 13.3 Å². The van der Waals surface area contributed by atoms with E-state index in [0.717, 1.165) is 12.1 Å². The molecule has 0 spiro atoms. The molecule has 0 bridgehead atoms. The van der Waals surface area contributed by atoms with Gasteiger partial charge in [-0.15, -0.1) is 0 Å². The molecule has 11 heteroatoms. The summed E-state index contributed by atoms with van der Waals surface area (Å²) in [4.78, 5) is 10.1. The van der Waals surface area contributed by atoms with E-state index >= 15 is 0 Å². The molecule has 0 aliphatic carbocycles. The van der Waals surface area contributed by atoms with Crippen LogP contribution in [-0.4, -0.2) is 19.6 Å². The van der Waals surface area contributed by atoms with Crippen LogP contribution in [0.1, 0.15) is 11.1 Å². The first kappa shape index (κ1) is 21.8. The quantitative estimate of drug-likeness (QED) is 0.308. The summed E-state index contributed by atoms with van der Waals surface area (Å²) in [5, 5.41) is 24.1. The molecule has 3 aromatic carbocycles. The molecule has 9 nitrogen and oxygen atoms in total. The van der Waals surface area contributed by atoms with Gasteiger partial charge in [-0.3, -0.25) is 20.3 Å². The summed E-state index contributed by atoms with van der Waals surface area (Å²) in [6, 6.07) is 18.1. The van der Waals surface area contributed by atoms with Crippen LogP contribution in [0.2, 0.25) is 5.02 Å². The molecular formula is C20H14ClN5O4S. The molecule has 3 rings (SSSR count). The molecule has 0 fully saturated rings. The van der Waals surface area contributed by atoms with E-state index in [1.807, 2.05) is 6.07 Å². The smallest absolute Gasteiger partial charge is 0.270 e. The minimum Gasteiger partial charge on any atom is -0.278 e. The number of nitro groups is 1. The summed E-state index contributed by atoms with van der Waals surface area (Å²) in [5.74, 6) is 0. The Morgan fingerprint density at radius 2 is 1.77 bits per heavy atom. The summed E-state index contributed by atoms with van der Waals surface area (Å²) < 4.78 is 28.2. The molecule has 0 saturated carbocycles. The number of rotatable bonds is 7. The van der Waals surface area contributed by atoms with Crippen molar-refractivity contribution in [2.24, 2.45) is 5.10 Å². The maximum absolute atomic E-state index is 12.9. The second-order valence-corrected chi connectivity index (χ2v) is 8.18. The molecule has 0 aromatic heterocycles. The SMILES string of the molecule is N#Cc1ccc(C=NNc2ccc([N+](=O)[O-])cc2S(=O)(=O)Nc2ccccc2Cl)cc1. The zero-order valence-electron chi connectivity index (χ0n) is 15.7. The summed E-state index contributed by atoms with van der Waals surface area (Å²) in [6.45, 7) is 0. The number of hydrazone groups is 1. The normalized spacial score (nSPS) is 11.1. The van der Waals surface area contributed by atoms with Crippen LogP contribution < -0.4 is 10.1 Å². The highest BCUT2D eigenvalue weighted by atomic mass is 35.5. The van der Waals surface area contributed by atoms with Gasteiger partial charge in [0.25, 0.3) is 15.7 Å². The summed E-state index contributed by atoms with van der Waals surface area (Å²) in [7, 11) is -4.24. The van der Waals surface area contributed by atoms with Gasteiger partial charge in [0.2, 0.25) is 0 Å². The van der Waals surface area contributed by atoms with E-state index in [2.05, 4.69) is 15.2 Å². The molecule has 2 N–H and O–H groups in total. The molecule has 31 heavy (non-hydrogen) atoms. The van der Waals surface area contributed by atoms with Gasteiger partial charge in [0.05, 0.1) is 39.2 Å². The molecule has 0 radical (unpaired) electrons. The van der Waals surface area contributed by atoms with Crippen molar-refractivity contribution in [2.75, 3.05) is 10.1 Å². The van der Waals surface area contributed by atoms with Crippen molar-refractivity contribution in [2.45, 2.75) is 4.90 Å². The highest BCUT2D eigenvalue weighted by molar-refractivity contribution is 7.93. The van der Waals surface area contributed by atoms with E-state index in [1.165, 1.54) is 24.4 Å². The van der Waals surface area contributed by atoms with Crippen LogP contribution in [0.25, 0.3) is 0 Å². The number of anilines is 2. The van der Waals surface area contributed by atoms with Crippen molar-refractivity contribution in [3.05, 3.63) is 93.0 Å². The lowest BCUT2D eigenvalue weighted by molar-refractivity contribution is -0.385. The van der Waals surface area contributed by atoms with Crippen molar-refractivity contribution >= 4 is 44.9 Å².